The maximum absolute atomic E-state index is 11.5. The summed E-state index contributed by atoms with van der Waals surface area (Å²) >= 11 is 0. The molecule has 1 heterocycles. The molecule has 13 heavy (non-hydrogen) atoms. The highest BCUT2D eigenvalue weighted by Gasteiger charge is 2.32. The summed E-state index contributed by atoms with van der Waals surface area (Å²) in [5.74, 6) is -0.536. The summed E-state index contributed by atoms with van der Waals surface area (Å²) in [7, 11) is 5.65. The Balaban J connectivity index is 2.57. The van der Waals surface area contributed by atoms with E-state index < -0.39 is 12.1 Å². The lowest BCUT2D eigenvalue weighted by Crippen LogP contribution is -2.46. The van der Waals surface area contributed by atoms with Crippen LogP contribution in [0.4, 0.5) is 0 Å². The first-order valence-electron chi connectivity index (χ1n) is 4.56. The van der Waals surface area contributed by atoms with Crippen molar-refractivity contribution in [1.82, 2.24) is 4.90 Å². The third-order valence-electron chi connectivity index (χ3n) is 2.36. The number of amides is 1. The molecule has 1 saturated heterocycles. The van der Waals surface area contributed by atoms with Crippen molar-refractivity contribution in [3.05, 3.63) is 0 Å². The monoisotopic (exact) mass is 182 g/mol. The quantitative estimate of drug-likeness (QED) is 0.527. The van der Waals surface area contributed by atoms with Gasteiger partial charge in [0.2, 0.25) is 5.91 Å². The Hall–Kier alpha value is -0.545. The fraction of sp³-hybridized carbons (Fsp3) is 0.875. The van der Waals surface area contributed by atoms with Crippen molar-refractivity contribution in [2.24, 2.45) is 5.73 Å². The predicted molar refractivity (Wildman–Crippen MR) is 50.1 cm³/mol. The first-order chi connectivity index (χ1) is 6.06. The van der Waals surface area contributed by atoms with Crippen LogP contribution in [0.1, 0.15) is 19.8 Å². The third kappa shape index (κ3) is 2.22. The largest absolute Gasteiger partial charge is 0.391 e. The topological polar surface area (TPSA) is 66.6 Å². The van der Waals surface area contributed by atoms with Crippen molar-refractivity contribution in [3.63, 3.8) is 0 Å². The van der Waals surface area contributed by atoms with Crippen molar-refractivity contribution in [2.75, 3.05) is 6.54 Å². The van der Waals surface area contributed by atoms with Gasteiger partial charge >= 0.3 is 0 Å². The normalized spacial score (nSPS) is 30.5. The van der Waals surface area contributed by atoms with E-state index >= 15 is 0 Å². The molecule has 1 fully saturated rings. The van der Waals surface area contributed by atoms with Crippen LogP contribution in [0.5, 0.6) is 0 Å². The molecule has 0 aromatic carbocycles. The number of carbonyl (C=O) groups is 1. The number of hydrogen-bond acceptors (Lipinski definition) is 3. The minimum Gasteiger partial charge on any atom is -0.391 e. The van der Waals surface area contributed by atoms with E-state index in [2.05, 4.69) is 0 Å². The van der Waals surface area contributed by atoms with Crippen molar-refractivity contribution in [2.45, 2.75) is 37.9 Å². The maximum atomic E-state index is 11.5. The van der Waals surface area contributed by atoms with E-state index in [0.717, 1.165) is 0 Å². The summed E-state index contributed by atoms with van der Waals surface area (Å²) in [6.07, 6.45) is 0.545. The lowest BCUT2D eigenvalue weighted by Gasteiger charge is -2.24. The highest BCUT2D eigenvalue weighted by atomic mass is 16.3. The van der Waals surface area contributed by atoms with E-state index in [1.165, 1.54) is 4.90 Å². The van der Waals surface area contributed by atoms with E-state index in [-0.39, 0.29) is 11.8 Å². The average Bonchev–Trinajstić information content (AvgIpc) is 2.42. The Labute approximate surface area is 79.5 Å². The number of aliphatic hydroxyl groups excluding tert-OH is 1. The number of carbonyl (C=O) groups excluding carboxylic acids is 1. The smallest absolute Gasteiger partial charge is 0.239 e. The molecule has 1 aliphatic heterocycles. The molecule has 0 aromatic rings. The van der Waals surface area contributed by atoms with E-state index in [1.54, 1.807) is 0 Å². The minimum absolute atomic E-state index is 0.161. The Morgan fingerprint density at radius 1 is 1.85 bits per heavy atom. The van der Waals surface area contributed by atoms with Crippen LogP contribution in [0.2, 0.25) is 0 Å². The summed E-state index contributed by atoms with van der Waals surface area (Å²) < 4.78 is 0. The van der Waals surface area contributed by atoms with Crippen LogP contribution >= 0.6 is 0 Å². The summed E-state index contributed by atoms with van der Waals surface area (Å²) in [6.45, 7) is 2.16. The molecule has 3 unspecified atom stereocenters. The van der Waals surface area contributed by atoms with Crippen LogP contribution in [0, 0.1) is 0 Å². The fourth-order valence-electron chi connectivity index (χ4n) is 1.48. The van der Waals surface area contributed by atoms with E-state index in [9.17, 15) is 9.90 Å². The number of nitrogens with two attached hydrogens (primary N) is 1. The Morgan fingerprint density at radius 3 is 2.85 bits per heavy atom. The average molecular weight is 182 g/mol. The standard InChI is InChI=1S/C8H15BN2O2/c1-2-6(10)8(13)11-4-5(12)3-7(11)9/h5-7,12H,2-4,10H2,1H3. The molecule has 5 heteroatoms. The van der Waals surface area contributed by atoms with Gasteiger partial charge in [0.15, 0.2) is 0 Å². The van der Waals surface area contributed by atoms with Crippen molar-refractivity contribution in [1.29, 1.82) is 0 Å². The molecule has 2 radical (unpaired) electrons. The van der Waals surface area contributed by atoms with Gasteiger partial charge in [-0.05, 0) is 18.8 Å². The molecule has 72 valence electrons. The van der Waals surface area contributed by atoms with Crippen LogP contribution in [0.25, 0.3) is 0 Å². The van der Waals surface area contributed by atoms with Crippen molar-refractivity contribution < 1.29 is 9.90 Å². The number of aliphatic hydroxyl groups is 1. The molecule has 0 spiro atoms. The van der Waals surface area contributed by atoms with Gasteiger partial charge in [0.05, 0.1) is 20.0 Å². The molecule has 0 bridgehead atoms. The van der Waals surface area contributed by atoms with Gasteiger partial charge in [0.1, 0.15) is 0 Å². The summed E-state index contributed by atoms with van der Waals surface area (Å²) in [6, 6.07) is -0.489. The van der Waals surface area contributed by atoms with Gasteiger partial charge in [-0.2, -0.15) is 0 Å². The third-order valence-corrected chi connectivity index (χ3v) is 2.36. The molecule has 0 saturated carbocycles. The van der Waals surface area contributed by atoms with Gasteiger partial charge in [0.25, 0.3) is 0 Å². The number of nitrogens with zero attached hydrogens (tertiary/aromatic N) is 1. The van der Waals surface area contributed by atoms with Gasteiger partial charge in [-0.15, -0.1) is 0 Å². The highest BCUT2D eigenvalue weighted by Crippen LogP contribution is 2.16. The second kappa shape index (κ2) is 4.11. The second-order valence-electron chi connectivity index (χ2n) is 3.46. The van der Waals surface area contributed by atoms with Crippen molar-refractivity contribution >= 4 is 13.8 Å². The summed E-state index contributed by atoms with van der Waals surface area (Å²) in [5, 5.41) is 9.26. The van der Waals surface area contributed by atoms with Crippen LogP contribution in [-0.4, -0.2) is 48.4 Å². The zero-order chi connectivity index (χ0) is 10.0. The van der Waals surface area contributed by atoms with Crippen LogP contribution in [0.3, 0.4) is 0 Å². The van der Waals surface area contributed by atoms with E-state index in [0.29, 0.717) is 19.4 Å². The zero-order valence-electron chi connectivity index (χ0n) is 7.81. The molecule has 3 N–H and O–H groups in total. The predicted octanol–water partition coefficient (Wildman–Crippen LogP) is -1.19. The van der Waals surface area contributed by atoms with Gasteiger partial charge in [-0.3, -0.25) is 4.79 Å². The number of rotatable bonds is 2. The molecule has 0 aromatic heterocycles. The molecular formula is C8H15BN2O2. The molecular weight excluding hydrogens is 167 g/mol. The van der Waals surface area contributed by atoms with Crippen LogP contribution in [0.15, 0.2) is 0 Å². The summed E-state index contributed by atoms with van der Waals surface area (Å²) in [5.41, 5.74) is 5.58. The molecule has 1 rings (SSSR count). The van der Waals surface area contributed by atoms with Crippen LogP contribution < -0.4 is 5.73 Å². The molecule has 1 amide bonds. The number of β-amino-alcohol motifs (C(OH)–C–C–N with tert-alkyl or cyclic N) is 1. The Bertz CT molecular complexity index is 201. The summed E-state index contributed by atoms with van der Waals surface area (Å²) in [4.78, 5) is 13.0. The fourth-order valence-corrected chi connectivity index (χ4v) is 1.48. The molecule has 3 atom stereocenters. The minimum atomic E-state index is -0.497. The number of hydrogen-bond donors (Lipinski definition) is 2. The maximum Gasteiger partial charge on any atom is 0.239 e. The first-order valence-corrected chi connectivity index (χ1v) is 4.56. The second-order valence-corrected chi connectivity index (χ2v) is 3.46. The first kappa shape index (κ1) is 10.5. The van der Waals surface area contributed by atoms with Gasteiger partial charge < -0.3 is 15.7 Å². The SMILES string of the molecule is [B]C1CC(O)CN1C(=O)C(N)CC. The van der Waals surface area contributed by atoms with E-state index in [1.807, 2.05) is 6.92 Å². The Kier molecular flexibility index (Phi) is 3.33. The zero-order valence-corrected chi connectivity index (χ0v) is 7.81. The Morgan fingerprint density at radius 2 is 2.46 bits per heavy atom. The molecule has 0 aliphatic carbocycles. The lowest BCUT2D eigenvalue weighted by atomic mass is 9.93. The highest BCUT2D eigenvalue weighted by molar-refractivity contribution is 6.13. The van der Waals surface area contributed by atoms with Gasteiger partial charge in [0, 0.05) is 6.54 Å². The van der Waals surface area contributed by atoms with E-state index in [4.69, 9.17) is 13.6 Å². The van der Waals surface area contributed by atoms with Gasteiger partial charge in [-0.25, -0.2) is 0 Å². The number of likely N-dealkylation sites (tertiary alicyclic amines) is 1. The molecule has 1 aliphatic rings. The van der Waals surface area contributed by atoms with Gasteiger partial charge in [-0.1, -0.05) is 6.92 Å². The van der Waals surface area contributed by atoms with Crippen LogP contribution in [-0.2, 0) is 4.79 Å². The molecule has 4 nitrogen and oxygen atoms in total. The van der Waals surface area contributed by atoms with Crippen molar-refractivity contribution in [3.8, 4) is 0 Å². The lowest BCUT2D eigenvalue weighted by molar-refractivity contribution is -0.132.